The first-order valence-electron chi connectivity index (χ1n) is 6.67. The topological polar surface area (TPSA) is 25.0 Å². The lowest BCUT2D eigenvalue weighted by molar-refractivity contribution is 0.415. The minimum atomic E-state index is 0.873. The highest BCUT2D eigenvalue weighted by atomic mass is 16.5. The van der Waals surface area contributed by atoms with Gasteiger partial charge in [-0.25, -0.2) is 0 Å². The van der Waals surface area contributed by atoms with E-state index in [1.54, 1.807) is 7.11 Å². The third-order valence-corrected chi connectivity index (χ3v) is 3.52. The van der Waals surface area contributed by atoms with Gasteiger partial charge >= 0.3 is 0 Å². The molecule has 2 heteroatoms. The molecule has 20 heavy (non-hydrogen) atoms. The van der Waals surface area contributed by atoms with E-state index in [1.807, 2.05) is 18.2 Å². The van der Waals surface area contributed by atoms with E-state index in [2.05, 4.69) is 54.5 Å². The molecular formula is C18H17NO. The van der Waals surface area contributed by atoms with Crippen molar-refractivity contribution in [1.29, 1.82) is 0 Å². The molecule has 2 aromatic carbocycles. The first-order valence-corrected chi connectivity index (χ1v) is 6.67. The van der Waals surface area contributed by atoms with Crippen LogP contribution in [0.25, 0.3) is 22.4 Å². The highest BCUT2D eigenvalue weighted by Gasteiger charge is 2.12. The molecule has 0 fully saturated rings. The number of methoxy groups -OCH3 is 1. The summed E-state index contributed by atoms with van der Waals surface area (Å²) in [6, 6.07) is 18.6. The Balaban J connectivity index is 2.11. The van der Waals surface area contributed by atoms with Crippen molar-refractivity contribution in [3.8, 4) is 28.1 Å². The van der Waals surface area contributed by atoms with Gasteiger partial charge in [0.05, 0.1) is 12.8 Å². The van der Waals surface area contributed by atoms with Gasteiger partial charge in [-0.2, -0.15) is 0 Å². The highest BCUT2D eigenvalue weighted by molar-refractivity contribution is 5.83. The predicted molar refractivity (Wildman–Crippen MR) is 83.0 cm³/mol. The first kappa shape index (κ1) is 12.5. The molecule has 1 heterocycles. The van der Waals surface area contributed by atoms with Crippen LogP contribution in [0.3, 0.4) is 0 Å². The van der Waals surface area contributed by atoms with E-state index in [0.717, 1.165) is 17.0 Å². The maximum Gasteiger partial charge on any atom is 0.118 e. The first-order chi connectivity index (χ1) is 9.79. The van der Waals surface area contributed by atoms with E-state index in [-0.39, 0.29) is 0 Å². The van der Waals surface area contributed by atoms with Crippen LogP contribution in [0.4, 0.5) is 0 Å². The van der Waals surface area contributed by atoms with Gasteiger partial charge in [0.1, 0.15) is 5.75 Å². The Labute approximate surface area is 119 Å². The SMILES string of the molecule is COc1ccc(-c2[nH]cc(C)c2-c2ccccc2)cc1. The van der Waals surface area contributed by atoms with E-state index in [9.17, 15) is 0 Å². The van der Waals surface area contributed by atoms with Crippen molar-refractivity contribution in [1.82, 2.24) is 4.98 Å². The Hall–Kier alpha value is -2.48. The van der Waals surface area contributed by atoms with Crippen molar-refractivity contribution in [3.63, 3.8) is 0 Å². The Morgan fingerprint density at radius 3 is 2.20 bits per heavy atom. The molecule has 0 amide bonds. The standard InChI is InChI=1S/C18H17NO/c1-13-12-19-18(15-8-10-16(20-2)11-9-15)17(13)14-6-4-3-5-7-14/h3-12,19H,1-2H3. The van der Waals surface area contributed by atoms with Crippen molar-refractivity contribution >= 4 is 0 Å². The van der Waals surface area contributed by atoms with E-state index in [1.165, 1.54) is 16.7 Å². The van der Waals surface area contributed by atoms with Crippen LogP contribution in [0.5, 0.6) is 5.75 Å². The van der Waals surface area contributed by atoms with Crippen LogP contribution in [0, 0.1) is 6.92 Å². The fourth-order valence-electron chi connectivity index (χ4n) is 2.48. The second-order valence-electron chi connectivity index (χ2n) is 4.82. The molecule has 0 saturated carbocycles. The Bertz CT molecular complexity index is 696. The largest absolute Gasteiger partial charge is 0.497 e. The minimum absolute atomic E-state index is 0.873. The number of aromatic amines is 1. The molecule has 0 aliphatic heterocycles. The van der Waals surface area contributed by atoms with Gasteiger partial charge in [0, 0.05) is 11.8 Å². The number of benzene rings is 2. The highest BCUT2D eigenvalue weighted by Crippen LogP contribution is 2.34. The lowest BCUT2D eigenvalue weighted by Crippen LogP contribution is -1.85. The lowest BCUT2D eigenvalue weighted by atomic mass is 9.98. The molecule has 1 N–H and O–H groups in total. The van der Waals surface area contributed by atoms with Crippen LogP contribution in [0.1, 0.15) is 5.56 Å². The van der Waals surface area contributed by atoms with Gasteiger partial charge in [-0.1, -0.05) is 30.3 Å². The molecule has 0 bridgehead atoms. The smallest absolute Gasteiger partial charge is 0.118 e. The van der Waals surface area contributed by atoms with Gasteiger partial charge in [-0.3, -0.25) is 0 Å². The van der Waals surface area contributed by atoms with Crippen LogP contribution < -0.4 is 4.74 Å². The van der Waals surface area contributed by atoms with Gasteiger partial charge in [-0.05, 0) is 47.9 Å². The maximum atomic E-state index is 5.21. The maximum absolute atomic E-state index is 5.21. The van der Waals surface area contributed by atoms with Gasteiger partial charge in [0.2, 0.25) is 0 Å². The van der Waals surface area contributed by atoms with Gasteiger partial charge < -0.3 is 9.72 Å². The summed E-state index contributed by atoms with van der Waals surface area (Å²) >= 11 is 0. The summed E-state index contributed by atoms with van der Waals surface area (Å²) in [4.78, 5) is 3.39. The van der Waals surface area contributed by atoms with E-state index >= 15 is 0 Å². The zero-order chi connectivity index (χ0) is 13.9. The number of aromatic nitrogens is 1. The summed E-state index contributed by atoms with van der Waals surface area (Å²) in [5, 5.41) is 0. The van der Waals surface area contributed by atoms with Crippen LogP contribution >= 0.6 is 0 Å². The van der Waals surface area contributed by atoms with Crippen molar-refractivity contribution in [3.05, 3.63) is 66.4 Å². The molecule has 0 saturated heterocycles. The molecule has 2 nitrogen and oxygen atoms in total. The normalized spacial score (nSPS) is 10.5. The number of hydrogen-bond donors (Lipinski definition) is 1. The molecule has 0 atom stereocenters. The fourth-order valence-corrected chi connectivity index (χ4v) is 2.48. The average Bonchev–Trinajstić information content (AvgIpc) is 2.90. The second kappa shape index (κ2) is 5.25. The van der Waals surface area contributed by atoms with Crippen LogP contribution in [0.2, 0.25) is 0 Å². The average molecular weight is 263 g/mol. The van der Waals surface area contributed by atoms with Gasteiger partial charge in [-0.15, -0.1) is 0 Å². The minimum Gasteiger partial charge on any atom is -0.497 e. The quantitative estimate of drug-likeness (QED) is 0.730. The Morgan fingerprint density at radius 2 is 1.55 bits per heavy atom. The fraction of sp³-hybridized carbons (Fsp3) is 0.111. The summed E-state index contributed by atoms with van der Waals surface area (Å²) in [5.74, 6) is 0.873. The van der Waals surface area contributed by atoms with Crippen LogP contribution in [-0.4, -0.2) is 12.1 Å². The molecule has 3 rings (SSSR count). The third-order valence-electron chi connectivity index (χ3n) is 3.52. The van der Waals surface area contributed by atoms with Crippen LogP contribution in [-0.2, 0) is 0 Å². The monoisotopic (exact) mass is 263 g/mol. The van der Waals surface area contributed by atoms with Crippen molar-refractivity contribution in [2.24, 2.45) is 0 Å². The molecule has 100 valence electrons. The summed E-state index contributed by atoms with van der Waals surface area (Å²) in [7, 11) is 1.68. The number of rotatable bonds is 3. The zero-order valence-electron chi connectivity index (χ0n) is 11.7. The molecule has 0 unspecified atom stereocenters. The molecule has 1 aromatic heterocycles. The number of H-pyrrole nitrogens is 1. The Morgan fingerprint density at radius 1 is 0.850 bits per heavy atom. The van der Waals surface area contributed by atoms with E-state index in [4.69, 9.17) is 4.74 Å². The number of hydrogen-bond acceptors (Lipinski definition) is 1. The molecule has 0 radical (unpaired) electrons. The molecule has 3 aromatic rings. The zero-order valence-corrected chi connectivity index (χ0v) is 11.7. The summed E-state index contributed by atoms with van der Waals surface area (Å²) in [5.41, 5.74) is 6.06. The Kier molecular flexibility index (Phi) is 3.30. The predicted octanol–water partition coefficient (Wildman–Crippen LogP) is 4.67. The molecular weight excluding hydrogens is 246 g/mol. The molecule has 0 aliphatic rings. The van der Waals surface area contributed by atoms with Crippen molar-refractivity contribution in [2.45, 2.75) is 6.92 Å². The van der Waals surface area contributed by atoms with Crippen molar-refractivity contribution < 1.29 is 4.74 Å². The van der Waals surface area contributed by atoms with E-state index in [0.29, 0.717) is 0 Å². The number of aryl methyl sites for hydroxylation is 1. The van der Waals surface area contributed by atoms with Gasteiger partial charge in [0.15, 0.2) is 0 Å². The molecule has 0 spiro atoms. The van der Waals surface area contributed by atoms with Crippen LogP contribution in [0.15, 0.2) is 60.8 Å². The second-order valence-corrected chi connectivity index (χ2v) is 4.82. The van der Waals surface area contributed by atoms with Crippen molar-refractivity contribution in [2.75, 3.05) is 7.11 Å². The molecule has 0 aliphatic carbocycles. The van der Waals surface area contributed by atoms with Gasteiger partial charge in [0.25, 0.3) is 0 Å². The van der Waals surface area contributed by atoms with E-state index < -0.39 is 0 Å². The number of nitrogens with one attached hydrogen (secondary N) is 1. The summed E-state index contributed by atoms with van der Waals surface area (Å²) in [6.45, 7) is 2.13. The summed E-state index contributed by atoms with van der Waals surface area (Å²) < 4.78 is 5.21. The summed E-state index contributed by atoms with van der Waals surface area (Å²) in [6.07, 6.45) is 2.06. The third kappa shape index (κ3) is 2.21. The lowest BCUT2D eigenvalue weighted by Gasteiger charge is -2.07. The number of ether oxygens (including phenoxy) is 1.